The maximum absolute atomic E-state index is 2.77. The molecular weight excluding hydrogens is 510 g/mol. The molecule has 0 bridgehead atoms. The number of hydrogen-bond acceptors (Lipinski definition) is 3. The highest BCUT2D eigenvalue weighted by atomic mass is 15.2. The van der Waals surface area contributed by atoms with Crippen molar-refractivity contribution < 1.29 is 0 Å². The number of rotatable bonds is 3. The van der Waals surface area contributed by atoms with Crippen molar-refractivity contribution in [3.8, 4) is 0 Å². The van der Waals surface area contributed by atoms with Crippen LogP contribution < -0.4 is 0 Å². The standard InChI is InChI=1S/3C13H25N/c1-9(2)14-7-5-12-10(3)11(4)13(12)6-8-14;1-9(2)14-7-5-6-12-10(3)11(4)13(12)8-14;1-9(2)14-8-6-5-7-12-10(3)11(4)13(12)14/h3*9-13H,5-8H2,1-4H3. The van der Waals surface area contributed by atoms with Crippen LogP contribution in [0.5, 0.6) is 0 Å². The Morgan fingerprint density at radius 1 is 0.405 bits per heavy atom. The quantitative estimate of drug-likeness (QED) is 0.327. The smallest absolute Gasteiger partial charge is 0.0157 e. The molecule has 6 fully saturated rings. The average Bonchev–Trinajstić information content (AvgIpc) is 3.40. The SMILES string of the molecule is CC1C(C)C2C1CCCCN2C(C)C.CC1C(C)C2CCN(C(C)C)CCC12.CC1C(C)C2CN(C(C)C)CCCC12. The van der Waals surface area contributed by atoms with Crippen LogP contribution in [0.3, 0.4) is 0 Å². The van der Waals surface area contributed by atoms with E-state index in [0.717, 1.165) is 89.3 Å². The molecule has 0 aromatic carbocycles. The van der Waals surface area contributed by atoms with Crippen molar-refractivity contribution in [1.82, 2.24) is 14.7 Å². The van der Waals surface area contributed by atoms with E-state index in [4.69, 9.17) is 0 Å². The van der Waals surface area contributed by atoms with Crippen LogP contribution in [-0.2, 0) is 0 Å². The summed E-state index contributed by atoms with van der Waals surface area (Å²) in [5.41, 5.74) is 0. The number of likely N-dealkylation sites (tertiary alicyclic amines) is 3. The Morgan fingerprint density at radius 3 is 1.40 bits per heavy atom. The molecule has 0 amide bonds. The van der Waals surface area contributed by atoms with Gasteiger partial charge in [-0.05, 0) is 171 Å². The maximum atomic E-state index is 2.77. The van der Waals surface area contributed by atoms with Crippen molar-refractivity contribution in [1.29, 1.82) is 0 Å². The molecule has 3 saturated carbocycles. The van der Waals surface area contributed by atoms with E-state index in [-0.39, 0.29) is 0 Å². The van der Waals surface area contributed by atoms with E-state index < -0.39 is 0 Å². The van der Waals surface area contributed by atoms with Crippen LogP contribution in [-0.4, -0.2) is 71.6 Å². The summed E-state index contributed by atoms with van der Waals surface area (Å²) in [6.45, 7) is 35.5. The first-order chi connectivity index (χ1) is 19.8. The highest BCUT2D eigenvalue weighted by Gasteiger charge is 2.49. The van der Waals surface area contributed by atoms with E-state index in [1.54, 1.807) is 0 Å². The van der Waals surface area contributed by atoms with Gasteiger partial charge in [0.15, 0.2) is 0 Å². The summed E-state index contributed by atoms with van der Waals surface area (Å²) in [6, 6.07) is 3.15. The van der Waals surface area contributed by atoms with Gasteiger partial charge in [0.25, 0.3) is 0 Å². The normalized spacial score (nSPS) is 44.4. The van der Waals surface area contributed by atoms with Crippen molar-refractivity contribution in [2.75, 3.05) is 32.7 Å². The molecule has 42 heavy (non-hydrogen) atoms. The highest BCUT2D eigenvalue weighted by Crippen LogP contribution is 2.51. The molecule has 0 aromatic heterocycles. The molecule has 6 rings (SSSR count). The predicted molar refractivity (Wildman–Crippen MR) is 184 cm³/mol. The maximum Gasteiger partial charge on any atom is 0.0157 e. The number of fused-ring (bicyclic) bond motifs is 3. The lowest BCUT2D eigenvalue weighted by Crippen LogP contribution is -2.59. The number of nitrogens with zero attached hydrogens (tertiary/aromatic N) is 3. The molecule has 6 aliphatic rings. The molecule has 3 heteroatoms. The van der Waals surface area contributed by atoms with Crippen LogP contribution in [0.4, 0.5) is 0 Å². The molecule has 12 unspecified atom stereocenters. The Morgan fingerprint density at radius 2 is 0.881 bits per heavy atom. The van der Waals surface area contributed by atoms with E-state index >= 15 is 0 Å². The van der Waals surface area contributed by atoms with Crippen LogP contribution in [0.1, 0.15) is 128 Å². The Bertz CT molecular complexity index is 785. The third-order valence-electron chi connectivity index (χ3n) is 14.6. The van der Waals surface area contributed by atoms with E-state index in [2.05, 4.69) is 97.8 Å². The second-order valence-electron chi connectivity index (χ2n) is 17.2. The van der Waals surface area contributed by atoms with Gasteiger partial charge >= 0.3 is 0 Å². The van der Waals surface area contributed by atoms with E-state index in [1.807, 2.05) is 0 Å². The molecule has 246 valence electrons. The fourth-order valence-electron chi connectivity index (χ4n) is 10.8. The molecule has 0 aromatic rings. The first kappa shape index (κ1) is 34.7. The fraction of sp³-hybridized carbons (Fsp3) is 1.00. The Hall–Kier alpha value is -0.120. The summed E-state index contributed by atoms with van der Waals surface area (Å²) >= 11 is 0. The second kappa shape index (κ2) is 15.0. The minimum absolute atomic E-state index is 0.746. The molecule has 3 saturated heterocycles. The minimum Gasteiger partial charge on any atom is -0.301 e. The van der Waals surface area contributed by atoms with Crippen molar-refractivity contribution in [2.45, 2.75) is 152 Å². The third-order valence-corrected chi connectivity index (χ3v) is 14.6. The van der Waals surface area contributed by atoms with E-state index in [9.17, 15) is 0 Å². The van der Waals surface area contributed by atoms with Gasteiger partial charge in [0.1, 0.15) is 0 Å². The molecule has 0 N–H and O–H groups in total. The Kier molecular flexibility index (Phi) is 12.4. The Labute approximate surface area is 264 Å². The van der Waals surface area contributed by atoms with Gasteiger partial charge in [0.05, 0.1) is 0 Å². The lowest BCUT2D eigenvalue weighted by molar-refractivity contribution is -0.0539. The van der Waals surface area contributed by atoms with Crippen LogP contribution in [0.2, 0.25) is 0 Å². The summed E-state index contributed by atoms with van der Waals surface area (Å²) in [6.07, 6.45) is 10.2. The third kappa shape index (κ3) is 7.30. The van der Waals surface area contributed by atoms with Crippen LogP contribution in [0, 0.1) is 65.1 Å². The van der Waals surface area contributed by atoms with Gasteiger partial charge in [-0.15, -0.1) is 0 Å². The molecule has 0 spiro atoms. The predicted octanol–water partition coefficient (Wildman–Crippen LogP) is 9.17. The van der Waals surface area contributed by atoms with Gasteiger partial charge in [-0.25, -0.2) is 0 Å². The van der Waals surface area contributed by atoms with Gasteiger partial charge in [0, 0.05) is 30.7 Å². The van der Waals surface area contributed by atoms with E-state index in [1.165, 1.54) is 77.7 Å². The average molecular weight is 586 g/mol. The molecule has 12 atom stereocenters. The molecule has 3 nitrogen and oxygen atoms in total. The van der Waals surface area contributed by atoms with Gasteiger partial charge < -0.3 is 9.80 Å². The van der Waals surface area contributed by atoms with Crippen molar-refractivity contribution in [3.05, 3.63) is 0 Å². The molecule has 0 radical (unpaired) electrons. The second-order valence-corrected chi connectivity index (χ2v) is 17.2. The zero-order valence-electron chi connectivity index (χ0n) is 30.5. The van der Waals surface area contributed by atoms with Gasteiger partial charge in [0.2, 0.25) is 0 Å². The summed E-state index contributed by atoms with van der Waals surface area (Å²) in [4.78, 5) is 8.12. The Balaban J connectivity index is 0.000000145. The first-order valence-electron chi connectivity index (χ1n) is 19.1. The fourth-order valence-corrected chi connectivity index (χ4v) is 10.8. The van der Waals surface area contributed by atoms with Gasteiger partial charge in [-0.1, -0.05) is 48.0 Å². The molecule has 3 aliphatic heterocycles. The lowest BCUT2D eigenvalue weighted by atomic mass is 9.56. The zero-order chi connectivity index (χ0) is 30.9. The van der Waals surface area contributed by atoms with Crippen LogP contribution in [0.15, 0.2) is 0 Å². The van der Waals surface area contributed by atoms with Crippen molar-refractivity contribution in [2.24, 2.45) is 65.1 Å². The van der Waals surface area contributed by atoms with Crippen molar-refractivity contribution >= 4 is 0 Å². The number of hydrogen-bond donors (Lipinski definition) is 0. The topological polar surface area (TPSA) is 9.72 Å². The first-order valence-corrected chi connectivity index (χ1v) is 19.1. The minimum atomic E-state index is 0.746. The summed E-state index contributed by atoms with van der Waals surface area (Å²) in [5.74, 6) is 11.0. The van der Waals surface area contributed by atoms with E-state index in [0.29, 0.717) is 0 Å². The molecule has 3 heterocycles. The molecular formula is C39H75N3. The largest absolute Gasteiger partial charge is 0.301 e. The monoisotopic (exact) mass is 586 g/mol. The highest BCUT2D eigenvalue weighted by molar-refractivity contribution is 5.01. The van der Waals surface area contributed by atoms with Gasteiger partial charge in [-0.3, -0.25) is 4.90 Å². The summed E-state index contributed by atoms with van der Waals surface area (Å²) in [7, 11) is 0. The summed E-state index contributed by atoms with van der Waals surface area (Å²) in [5, 5.41) is 0. The van der Waals surface area contributed by atoms with Crippen molar-refractivity contribution in [3.63, 3.8) is 0 Å². The molecule has 3 aliphatic carbocycles. The lowest BCUT2D eigenvalue weighted by Gasteiger charge is -2.54. The summed E-state index contributed by atoms with van der Waals surface area (Å²) < 4.78 is 0. The van der Waals surface area contributed by atoms with Crippen LogP contribution >= 0.6 is 0 Å². The van der Waals surface area contributed by atoms with Crippen LogP contribution in [0.25, 0.3) is 0 Å². The van der Waals surface area contributed by atoms with Gasteiger partial charge in [-0.2, -0.15) is 0 Å². The zero-order valence-corrected chi connectivity index (χ0v) is 30.5.